The van der Waals surface area contributed by atoms with Gasteiger partial charge in [0, 0.05) is 0 Å². The summed E-state index contributed by atoms with van der Waals surface area (Å²) in [6, 6.07) is 7.49. The summed E-state index contributed by atoms with van der Waals surface area (Å²) in [5.74, 6) is -1.18. The third-order valence-corrected chi connectivity index (χ3v) is 4.62. The van der Waals surface area contributed by atoms with Crippen molar-refractivity contribution in [1.82, 2.24) is 9.97 Å². The molecule has 2 rings (SSSR count). The van der Waals surface area contributed by atoms with Gasteiger partial charge in [0.05, 0.1) is 16.4 Å². The first-order valence-corrected chi connectivity index (χ1v) is 6.91. The van der Waals surface area contributed by atoms with Crippen LogP contribution in [0.15, 0.2) is 29.4 Å². The molecule has 6 nitrogen and oxygen atoms in total. The number of thioether (sulfide) groups is 1. The number of primary amides is 2. The lowest BCUT2D eigenvalue weighted by atomic mass is 9.88. The zero-order valence-electron chi connectivity index (χ0n) is 11.2. The first-order chi connectivity index (χ1) is 9.32. The van der Waals surface area contributed by atoms with E-state index < -0.39 is 22.5 Å². The van der Waals surface area contributed by atoms with E-state index in [9.17, 15) is 9.59 Å². The third-order valence-electron chi connectivity index (χ3n) is 3.15. The van der Waals surface area contributed by atoms with Crippen molar-refractivity contribution in [3.05, 3.63) is 24.3 Å². The Bertz CT molecular complexity index is 632. The quantitative estimate of drug-likeness (QED) is 0.713. The van der Waals surface area contributed by atoms with Crippen molar-refractivity contribution in [3.63, 3.8) is 0 Å². The number of nitrogens with two attached hydrogens (primary N) is 2. The number of aromatic amines is 1. The summed E-state index contributed by atoms with van der Waals surface area (Å²) in [6.07, 6.45) is 0. The van der Waals surface area contributed by atoms with Crippen LogP contribution in [0.4, 0.5) is 0 Å². The number of carbonyl (C=O) groups excluding carboxylic acids is 2. The average molecular weight is 292 g/mol. The number of H-pyrrole nitrogens is 1. The topological polar surface area (TPSA) is 115 Å². The van der Waals surface area contributed by atoms with Gasteiger partial charge in [0.2, 0.25) is 11.8 Å². The number of hydrogen-bond donors (Lipinski definition) is 3. The predicted octanol–water partition coefficient (Wildman–Crippen LogP) is 1.02. The van der Waals surface area contributed by atoms with Crippen LogP contribution in [0.25, 0.3) is 11.0 Å². The maximum atomic E-state index is 11.6. The molecule has 1 aromatic carbocycles. The van der Waals surface area contributed by atoms with Gasteiger partial charge in [-0.2, -0.15) is 0 Å². The molecule has 0 aliphatic heterocycles. The fourth-order valence-corrected chi connectivity index (χ4v) is 2.86. The molecule has 7 heteroatoms. The molecule has 2 amide bonds. The molecule has 1 unspecified atom stereocenters. The molecule has 0 spiro atoms. The highest BCUT2D eigenvalue weighted by molar-refractivity contribution is 8.00. The van der Waals surface area contributed by atoms with Crippen LogP contribution in [-0.2, 0) is 9.59 Å². The molecule has 2 aromatic rings. The van der Waals surface area contributed by atoms with Crippen molar-refractivity contribution in [2.45, 2.75) is 24.3 Å². The first kappa shape index (κ1) is 14.4. The summed E-state index contributed by atoms with van der Waals surface area (Å²) in [5, 5.41) is -0.259. The van der Waals surface area contributed by atoms with Crippen LogP contribution in [0.3, 0.4) is 0 Å². The highest BCUT2D eigenvalue weighted by atomic mass is 32.2. The minimum absolute atomic E-state index is 0.532. The summed E-state index contributed by atoms with van der Waals surface area (Å²) in [7, 11) is 0. The fraction of sp³-hybridized carbons (Fsp3) is 0.308. The Hall–Kier alpha value is -2.02. The van der Waals surface area contributed by atoms with E-state index in [1.165, 1.54) is 0 Å². The molecule has 0 saturated heterocycles. The van der Waals surface area contributed by atoms with E-state index in [1.807, 2.05) is 24.3 Å². The van der Waals surface area contributed by atoms with Crippen LogP contribution in [-0.4, -0.2) is 27.0 Å². The SMILES string of the molecule is CC(C)(C(N)=O)C(Sc1nc2ccccc2[nH]1)C(N)=O. The third kappa shape index (κ3) is 2.62. The van der Waals surface area contributed by atoms with Crippen LogP contribution in [0.5, 0.6) is 0 Å². The van der Waals surface area contributed by atoms with E-state index in [-0.39, 0.29) is 0 Å². The maximum absolute atomic E-state index is 11.6. The number of hydrogen-bond acceptors (Lipinski definition) is 4. The number of rotatable bonds is 5. The van der Waals surface area contributed by atoms with Crippen LogP contribution in [0, 0.1) is 5.41 Å². The van der Waals surface area contributed by atoms with Gasteiger partial charge in [-0.05, 0) is 26.0 Å². The van der Waals surface area contributed by atoms with Crippen LogP contribution >= 0.6 is 11.8 Å². The summed E-state index contributed by atoms with van der Waals surface area (Å²) >= 11 is 1.12. The molecular weight excluding hydrogens is 276 g/mol. The number of nitrogens with zero attached hydrogens (tertiary/aromatic N) is 1. The Kier molecular flexibility index (Phi) is 3.71. The van der Waals surface area contributed by atoms with Crippen molar-refractivity contribution in [2.75, 3.05) is 0 Å². The monoisotopic (exact) mass is 292 g/mol. The fourth-order valence-electron chi connectivity index (χ4n) is 1.79. The highest BCUT2D eigenvalue weighted by Crippen LogP contribution is 2.34. The molecule has 20 heavy (non-hydrogen) atoms. The first-order valence-electron chi connectivity index (χ1n) is 6.03. The standard InChI is InChI=1S/C13H16N4O2S/c1-13(2,11(15)19)9(10(14)18)20-12-16-7-5-3-4-6-8(7)17-12/h3-6,9H,1-2H3,(H2,14,18)(H2,15,19)(H,16,17). The maximum Gasteiger partial charge on any atom is 0.232 e. The van der Waals surface area contributed by atoms with Gasteiger partial charge < -0.3 is 16.5 Å². The predicted molar refractivity (Wildman–Crippen MR) is 77.9 cm³/mol. The molecule has 106 valence electrons. The molecule has 0 aliphatic rings. The zero-order chi connectivity index (χ0) is 14.9. The van der Waals surface area contributed by atoms with Crippen molar-refractivity contribution in [2.24, 2.45) is 16.9 Å². The van der Waals surface area contributed by atoms with E-state index in [0.29, 0.717) is 5.16 Å². The molecule has 1 atom stereocenters. The number of benzene rings is 1. The molecule has 0 bridgehead atoms. The lowest BCUT2D eigenvalue weighted by Crippen LogP contribution is -2.46. The van der Waals surface area contributed by atoms with E-state index in [4.69, 9.17) is 11.5 Å². The van der Waals surface area contributed by atoms with E-state index in [2.05, 4.69) is 9.97 Å². The second-order valence-electron chi connectivity index (χ2n) is 5.05. The Morgan fingerprint density at radius 2 is 1.95 bits per heavy atom. The lowest BCUT2D eigenvalue weighted by Gasteiger charge is -2.27. The Morgan fingerprint density at radius 3 is 2.50 bits per heavy atom. The van der Waals surface area contributed by atoms with E-state index in [0.717, 1.165) is 22.8 Å². The number of imidazole rings is 1. The van der Waals surface area contributed by atoms with Gasteiger partial charge in [0.1, 0.15) is 5.25 Å². The van der Waals surface area contributed by atoms with Crippen LogP contribution in [0.1, 0.15) is 13.8 Å². The van der Waals surface area contributed by atoms with Gasteiger partial charge in [-0.3, -0.25) is 9.59 Å². The van der Waals surface area contributed by atoms with Gasteiger partial charge in [-0.15, -0.1) is 0 Å². The molecule has 5 N–H and O–H groups in total. The van der Waals surface area contributed by atoms with Crippen LogP contribution in [0.2, 0.25) is 0 Å². The highest BCUT2D eigenvalue weighted by Gasteiger charge is 2.40. The minimum Gasteiger partial charge on any atom is -0.369 e. The molecular formula is C13H16N4O2S. The van der Waals surface area contributed by atoms with Gasteiger partial charge in [0.25, 0.3) is 0 Å². The Morgan fingerprint density at radius 1 is 1.30 bits per heavy atom. The zero-order valence-corrected chi connectivity index (χ0v) is 12.0. The summed E-state index contributed by atoms with van der Waals surface area (Å²) < 4.78 is 0. The second kappa shape index (κ2) is 5.16. The second-order valence-corrected chi connectivity index (χ2v) is 6.14. The van der Waals surface area contributed by atoms with E-state index >= 15 is 0 Å². The molecule has 1 heterocycles. The van der Waals surface area contributed by atoms with Crippen molar-refractivity contribution < 1.29 is 9.59 Å². The van der Waals surface area contributed by atoms with Crippen molar-refractivity contribution in [1.29, 1.82) is 0 Å². The number of nitrogens with one attached hydrogen (secondary N) is 1. The Balaban J connectivity index is 2.33. The normalized spacial score (nSPS) is 13.3. The molecule has 0 saturated carbocycles. The number of amides is 2. The van der Waals surface area contributed by atoms with E-state index in [1.54, 1.807) is 13.8 Å². The van der Waals surface area contributed by atoms with Gasteiger partial charge in [-0.1, -0.05) is 23.9 Å². The average Bonchev–Trinajstić information content (AvgIpc) is 2.77. The summed E-state index contributed by atoms with van der Waals surface area (Å²) in [4.78, 5) is 30.6. The molecule has 1 aromatic heterocycles. The largest absolute Gasteiger partial charge is 0.369 e. The van der Waals surface area contributed by atoms with Gasteiger partial charge in [-0.25, -0.2) is 4.98 Å². The molecule has 0 aliphatic carbocycles. The number of para-hydroxylation sites is 2. The van der Waals surface area contributed by atoms with Gasteiger partial charge in [0.15, 0.2) is 5.16 Å². The lowest BCUT2D eigenvalue weighted by molar-refractivity contribution is -0.130. The molecule has 0 fully saturated rings. The number of carbonyl (C=O) groups is 2. The summed E-state index contributed by atoms with van der Waals surface area (Å²) in [6.45, 7) is 3.20. The number of aromatic nitrogens is 2. The smallest absolute Gasteiger partial charge is 0.232 e. The molecule has 0 radical (unpaired) electrons. The number of fused-ring (bicyclic) bond motifs is 1. The summed E-state index contributed by atoms with van der Waals surface area (Å²) in [5.41, 5.74) is 11.3. The van der Waals surface area contributed by atoms with Crippen molar-refractivity contribution in [3.8, 4) is 0 Å². The minimum atomic E-state index is -1.06. The van der Waals surface area contributed by atoms with Gasteiger partial charge >= 0.3 is 0 Å². The Labute approximate surface area is 120 Å². The van der Waals surface area contributed by atoms with Crippen molar-refractivity contribution >= 4 is 34.6 Å². The van der Waals surface area contributed by atoms with Crippen LogP contribution < -0.4 is 11.5 Å².